The smallest absolute Gasteiger partial charge is 0.326 e. The van der Waals surface area contributed by atoms with Gasteiger partial charge in [-0.25, -0.2) is 18.6 Å². The SMILES string of the molecule is O=C(NCc1ccnc(F)c1)n1c2c(c3cc(Cl)c(Cl)cc31)CN(C/C=C/c1ccc(F)cc1F)CC2. The standard InChI is InChI=1S/C27H21Cl2F3N4O/c28-21-12-19-20-15-35(8-1-2-17-3-4-18(30)11-23(17)31)9-6-24(20)36(25(19)13-22(21)29)27(37)34-14-16-5-7-33-26(32)10-16/h1-5,7,10-13H,6,8-9,14-15H2,(H,34,37)/b2-1+. The van der Waals surface area contributed by atoms with E-state index in [1.165, 1.54) is 24.4 Å². The Morgan fingerprint density at radius 1 is 1.08 bits per heavy atom. The molecule has 1 aliphatic heterocycles. The summed E-state index contributed by atoms with van der Waals surface area (Å²) < 4.78 is 42.1. The molecule has 0 atom stereocenters. The summed E-state index contributed by atoms with van der Waals surface area (Å²) in [6.45, 7) is 1.86. The van der Waals surface area contributed by atoms with Crippen molar-refractivity contribution < 1.29 is 18.0 Å². The highest BCUT2D eigenvalue weighted by Gasteiger charge is 2.27. The quantitative estimate of drug-likeness (QED) is 0.288. The number of nitrogens with one attached hydrogen (secondary N) is 1. The van der Waals surface area contributed by atoms with Gasteiger partial charge < -0.3 is 5.32 Å². The number of aromatic nitrogens is 2. The second-order valence-electron chi connectivity index (χ2n) is 8.74. The van der Waals surface area contributed by atoms with Crippen LogP contribution in [0.4, 0.5) is 18.0 Å². The van der Waals surface area contributed by atoms with Crippen molar-refractivity contribution in [1.29, 1.82) is 0 Å². The van der Waals surface area contributed by atoms with Crippen LogP contribution in [-0.4, -0.2) is 33.6 Å². The van der Waals surface area contributed by atoms with Gasteiger partial charge in [0, 0.05) is 61.5 Å². The van der Waals surface area contributed by atoms with Crippen LogP contribution in [0.25, 0.3) is 17.0 Å². The zero-order chi connectivity index (χ0) is 26.1. The van der Waals surface area contributed by atoms with Crippen molar-refractivity contribution in [2.24, 2.45) is 0 Å². The number of carbonyl (C=O) groups is 1. The minimum Gasteiger partial charge on any atom is -0.333 e. The van der Waals surface area contributed by atoms with Crippen molar-refractivity contribution >= 4 is 46.2 Å². The molecule has 0 bridgehead atoms. The maximum atomic E-state index is 13.9. The van der Waals surface area contributed by atoms with E-state index in [1.54, 1.807) is 28.8 Å². The number of pyridine rings is 1. The van der Waals surface area contributed by atoms with Gasteiger partial charge in [0.1, 0.15) is 11.6 Å². The Balaban J connectivity index is 1.40. The van der Waals surface area contributed by atoms with E-state index < -0.39 is 17.6 Å². The molecule has 4 aromatic rings. The predicted octanol–water partition coefficient (Wildman–Crippen LogP) is 6.59. The van der Waals surface area contributed by atoms with Crippen molar-refractivity contribution in [1.82, 2.24) is 19.8 Å². The molecule has 0 radical (unpaired) electrons. The molecule has 2 aromatic heterocycles. The molecule has 0 aliphatic carbocycles. The highest BCUT2D eigenvalue weighted by atomic mass is 35.5. The molecule has 0 saturated heterocycles. The maximum Gasteiger partial charge on any atom is 0.326 e. The first-order valence-corrected chi connectivity index (χ1v) is 12.3. The molecule has 5 rings (SSSR count). The third kappa shape index (κ3) is 5.37. The van der Waals surface area contributed by atoms with Crippen LogP contribution in [0, 0.1) is 17.6 Å². The zero-order valence-electron chi connectivity index (χ0n) is 19.4. The summed E-state index contributed by atoms with van der Waals surface area (Å²) in [5.74, 6) is -1.86. The van der Waals surface area contributed by atoms with Gasteiger partial charge in [0.2, 0.25) is 5.95 Å². The van der Waals surface area contributed by atoms with Crippen molar-refractivity contribution in [3.8, 4) is 0 Å². The monoisotopic (exact) mass is 544 g/mol. The van der Waals surface area contributed by atoms with Crippen LogP contribution in [0.3, 0.4) is 0 Å². The molecule has 10 heteroatoms. The highest BCUT2D eigenvalue weighted by Crippen LogP contribution is 2.36. The number of hydrogen-bond donors (Lipinski definition) is 1. The molecular weight excluding hydrogens is 524 g/mol. The van der Waals surface area contributed by atoms with Crippen molar-refractivity contribution in [2.45, 2.75) is 19.5 Å². The second kappa shape index (κ2) is 10.6. The van der Waals surface area contributed by atoms with Crippen LogP contribution in [0.15, 0.2) is 54.7 Å². The van der Waals surface area contributed by atoms with E-state index >= 15 is 0 Å². The fourth-order valence-electron chi connectivity index (χ4n) is 4.57. The fraction of sp³-hybridized carbons (Fsp3) is 0.185. The van der Waals surface area contributed by atoms with Crippen molar-refractivity contribution in [3.05, 3.63) is 105 Å². The molecule has 1 N–H and O–H groups in total. The molecule has 0 saturated carbocycles. The molecule has 0 fully saturated rings. The fourth-order valence-corrected chi connectivity index (χ4v) is 4.89. The van der Waals surface area contributed by atoms with Crippen LogP contribution in [0.2, 0.25) is 10.0 Å². The molecule has 2 aromatic carbocycles. The molecule has 37 heavy (non-hydrogen) atoms. The Bertz CT molecular complexity index is 1540. The number of halogens is 5. The first kappa shape index (κ1) is 25.3. The molecule has 1 amide bonds. The molecule has 0 spiro atoms. The van der Waals surface area contributed by atoms with Crippen LogP contribution in [-0.2, 0) is 19.5 Å². The van der Waals surface area contributed by atoms with E-state index in [1.807, 2.05) is 6.08 Å². The first-order chi connectivity index (χ1) is 17.8. The molecule has 5 nitrogen and oxygen atoms in total. The van der Waals surface area contributed by atoms with Gasteiger partial charge in [-0.2, -0.15) is 4.39 Å². The van der Waals surface area contributed by atoms with E-state index in [9.17, 15) is 18.0 Å². The summed E-state index contributed by atoms with van der Waals surface area (Å²) in [5, 5.41) is 4.37. The number of carbonyl (C=O) groups excluding carboxylic acids is 1. The van der Waals surface area contributed by atoms with Gasteiger partial charge in [-0.15, -0.1) is 0 Å². The lowest BCUT2D eigenvalue weighted by Crippen LogP contribution is -2.34. The maximum absolute atomic E-state index is 13.9. The summed E-state index contributed by atoms with van der Waals surface area (Å²) in [7, 11) is 0. The summed E-state index contributed by atoms with van der Waals surface area (Å²) in [6, 6.07) is 9.44. The van der Waals surface area contributed by atoms with Crippen LogP contribution in [0.1, 0.15) is 22.4 Å². The number of amides is 1. The van der Waals surface area contributed by atoms with Crippen LogP contribution >= 0.6 is 23.2 Å². The number of fused-ring (bicyclic) bond motifs is 3. The normalized spacial score (nSPS) is 13.9. The Hall–Kier alpha value is -3.33. The Labute approximate surface area is 221 Å². The third-order valence-corrected chi connectivity index (χ3v) is 7.05. The number of rotatable bonds is 5. The van der Waals surface area contributed by atoms with Gasteiger partial charge in [-0.3, -0.25) is 9.47 Å². The number of nitrogens with zero attached hydrogens (tertiary/aromatic N) is 3. The van der Waals surface area contributed by atoms with E-state index in [0.717, 1.165) is 22.7 Å². The zero-order valence-corrected chi connectivity index (χ0v) is 21.0. The average molecular weight is 545 g/mol. The van der Waals surface area contributed by atoms with Gasteiger partial charge >= 0.3 is 6.03 Å². The lowest BCUT2D eigenvalue weighted by atomic mass is 10.0. The number of benzene rings is 2. The van der Waals surface area contributed by atoms with Crippen molar-refractivity contribution in [3.63, 3.8) is 0 Å². The topological polar surface area (TPSA) is 50.2 Å². The van der Waals surface area contributed by atoms with Gasteiger partial charge in [-0.05, 0) is 47.5 Å². The van der Waals surface area contributed by atoms with Crippen molar-refractivity contribution in [2.75, 3.05) is 13.1 Å². The third-order valence-electron chi connectivity index (χ3n) is 6.33. The van der Waals surface area contributed by atoms with Gasteiger partial charge in [0.15, 0.2) is 0 Å². The van der Waals surface area contributed by atoms with Gasteiger partial charge in [-0.1, -0.05) is 35.4 Å². The predicted molar refractivity (Wildman–Crippen MR) is 138 cm³/mol. The van der Waals surface area contributed by atoms with Gasteiger partial charge in [0.25, 0.3) is 0 Å². The molecule has 0 unspecified atom stereocenters. The van der Waals surface area contributed by atoms with E-state index in [2.05, 4.69) is 15.2 Å². The average Bonchev–Trinajstić information content (AvgIpc) is 3.17. The summed E-state index contributed by atoms with van der Waals surface area (Å²) in [6.07, 6.45) is 5.37. The lowest BCUT2D eigenvalue weighted by Gasteiger charge is -2.27. The van der Waals surface area contributed by atoms with E-state index in [0.29, 0.717) is 52.7 Å². The molecular formula is C27H21Cl2F3N4O. The van der Waals surface area contributed by atoms with Crippen LogP contribution in [0.5, 0.6) is 0 Å². The molecule has 190 valence electrons. The minimum atomic E-state index is -0.620. The largest absolute Gasteiger partial charge is 0.333 e. The van der Waals surface area contributed by atoms with Gasteiger partial charge in [0.05, 0.1) is 15.6 Å². The van der Waals surface area contributed by atoms with E-state index in [-0.39, 0.29) is 12.6 Å². The number of hydrogen-bond acceptors (Lipinski definition) is 3. The first-order valence-electron chi connectivity index (χ1n) is 11.5. The highest BCUT2D eigenvalue weighted by molar-refractivity contribution is 6.42. The summed E-state index contributed by atoms with van der Waals surface area (Å²) >= 11 is 12.6. The minimum absolute atomic E-state index is 0.130. The molecule has 3 heterocycles. The van der Waals surface area contributed by atoms with E-state index in [4.69, 9.17) is 23.2 Å². The summed E-state index contributed by atoms with van der Waals surface area (Å²) in [5.41, 5.74) is 3.32. The Morgan fingerprint density at radius 2 is 1.89 bits per heavy atom. The Morgan fingerprint density at radius 3 is 2.68 bits per heavy atom. The lowest BCUT2D eigenvalue weighted by molar-refractivity contribution is 0.240. The van der Waals surface area contributed by atoms with Crippen LogP contribution < -0.4 is 5.32 Å². The molecule has 1 aliphatic rings. The Kier molecular flexibility index (Phi) is 7.24. The second-order valence-corrected chi connectivity index (χ2v) is 9.56. The summed E-state index contributed by atoms with van der Waals surface area (Å²) in [4.78, 5) is 19.0.